The highest BCUT2D eigenvalue weighted by molar-refractivity contribution is 7.86. The van der Waals surface area contributed by atoms with Gasteiger partial charge in [0.2, 0.25) is 5.69 Å². The van der Waals surface area contributed by atoms with Crippen molar-refractivity contribution in [3.05, 3.63) is 108 Å². The van der Waals surface area contributed by atoms with Gasteiger partial charge in [-0.15, -0.1) is 5.06 Å². The molecule has 0 radical (unpaired) electrons. The van der Waals surface area contributed by atoms with Crippen molar-refractivity contribution in [2.24, 2.45) is 0 Å². The molecule has 31 heteroatoms. The first-order valence-electron chi connectivity index (χ1n) is 35.0. The molecule has 0 aliphatic carbocycles. The smallest absolute Gasteiger partial charge is 0.335 e. The van der Waals surface area contributed by atoms with Crippen LogP contribution in [0.25, 0.3) is 21.5 Å². The van der Waals surface area contributed by atoms with Gasteiger partial charge in [0.15, 0.2) is 12.3 Å². The number of anilines is 1. The lowest BCUT2D eigenvalue weighted by Gasteiger charge is -2.31. The summed E-state index contributed by atoms with van der Waals surface area (Å²) in [5.41, 5.74) is 3.91. The molecule has 7 rings (SSSR count). The second-order valence-electron chi connectivity index (χ2n) is 24.5. The van der Waals surface area contributed by atoms with Crippen molar-refractivity contribution in [2.45, 2.75) is 66.6 Å². The third-order valence-electron chi connectivity index (χ3n) is 17.4. The molecule has 1 fully saturated rings. The number of hydroxylamine groups is 2. The minimum absolute atomic E-state index is 0.00824. The van der Waals surface area contributed by atoms with Crippen LogP contribution in [0.4, 0.5) is 11.4 Å². The topological polar surface area (TPSA) is 326 Å². The molecule has 4 aromatic rings. The molecule has 2 amide bonds. The Balaban J connectivity index is 1.13. The average molecular weight is 1500 g/mol. The second-order valence-corrected chi connectivity index (χ2v) is 27.4. The SMILES string of the molecule is COCCOCCOCCOCC[N+]1=C(/C=C/C=C/C=C2\N(CCOCCOCCOCCOCCC(=O)ON3C(=O)CCC3=O)c3ccc4cc(S(=O)(=O)O)ccc4c3C2(C)CCOCCOCCOCCOC)C(C)(CCOCCOCCOCCOC)c2c1ccc1cc(S(=O)(=O)O)ccc21. The highest BCUT2D eigenvalue weighted by atomic mass is 32.2. The van der Waals surface area contributed by atoms with Gasteiger partial charge in [0.25, 0.3) is 32.1 Å². The van der Waals surface area contributed by atoms with Crippen molar-refractivity contribution in [1.29, 1.82) is 0 Å². The molecule has 29 nitrogen and oxygen atoms in total. The Labute approximate surface area is 609 Å². The van der Waals surface area contributed by atoms with Gasteiger partial charge in [0.05, 0.1) is 193 Å². The molecule has 3 heterocycles. The number of fused-ring (bicyclic) bond motifs is 6. The summed E-state index contributed by atoms with van der Waals surface area (Å²) < 4.78 is 164. The quantitative estimate of drug-likeness (QED) is 0.0156. The fourth-order valence-corrected chi connectivity index (χ4v) is 13.2. The third-order valence-corrected chi connectivity index (χ3v) is 19.1. The zero-order valence-electron chi connectivity index (χ0n) is 60.5. The molecule has 2 atom stereocenters. The van der Waals surface area contributed by atoms with E-state index in [1.54, 1.807) is 33.5 Å². The van der Waals surface area contributed by atoms with Gasteiger partial charge in [-0.2, -0.15) is 21.4 Å². The first kappa shape index (κ1) is 85.1. The van der Waals surface area contributed by atoms with Crippen molar-refractivity contribution in [1.82, 2.24) is 5.06 Å². The van der Waals surface area contributed by atoms with Crippen molar-refractivity contribution >= 4 is 76.7 Å². The van der Waals surface area contributed by atoms with Crippen LogP contribution >= 0.6 is 0 Å². The summed E-state index contributed by atoms with van der Waals surface area (Å²) in [5, 5.41) is 3.31. The van der Waals surface area contributed by atoms with Gasteiger partial charge < -0.3 is 85.5 Å². The number of rotatable bonds is 57. The summed E-state index contributed by atoms with van der Waals surface area (Å²) in [5.74, 6) is -1.85. The van der Waals surface area contributed by atoms with Crippen LogP contribution in [-0.2, 0) is 126 Å². The van der Waals surface area contributed by atoms with Gasteiger partial charge in [-0.05, 0) is 96.3 Å². The summed E-state index contributed by atoms with van der Waals surface area (Å²) in [4.78, 5) is 42.1. The number of ether oxygens (including phenoxy) is 16. The van der Waals surface area contributed by atoms with Crippen LogP contribution in [0.1, 0.15) is 57.1 Å². The van der Waals surface area contributed by atoms with Crippen LogP contribution < -0.4 is 4.90 Å². The molecule has 3 aliphatic rings. The largest absolute Gasteiger partial charge is 0.382 e. The first-order chi connectivity index (χ1) is 50.4. The zero-order valence-corrected chi connectivity index (χ0v) is 62.1. The monoisotopic (exact) mass is 1500 g/mol. The van der Waals surface area contributed by atoms with Crippen LogP contribution in [0, 0.1) is 0 Å². The number of hydrogen-bond donors (Lipinski definition) is 2. The number of nitrogens with zero attached hydrogens (tertiary/aromatic N) is 3. The van der Waals surface area contributed by atoms with E-state index in [0.29, 0.717) is 181 Å². The van der Waals surface area contributed by atoms with Crippen molar-refractivity contribution in [2.75, 3.05) is 231 Å². The van der Waals surface area contributed by atoms with E-state index in [1.807, 2.05) is 42.5 Å². The predicted octanol–water partition coefficient (Wildman–Crippen LogP) is 6.55. The molecule has 578 valence electrons. The predicted molar refractivity (Wildman–Crippen MR) is 383 cm³/mol. The molecule has 2 N–H and O–H groups in total. The van der Waals surface area contributed by atoms with Crippen molar-refractivity contribution in [3.63, 3.8) is 0 Å². The second kappa shape index (κ2) is 45.5. The van der Waals surface area contributed by atoms with E-state index in [1.165, 1.54) is 24.3 Å². The number of imide groups is 1. The standard InChI is InChI=1S/C73H103N3O26S2/c1-72(22-27-90-38-43-98-50-47-94-34-31-86-3)65(74(24-29-92-40-45-100-52-49-96-36-33-88-5)63-17-11-57-55-59(103(80,81)82)13-15-61(57)70(63)72)9-7-6-8-10-66-73(2,23-28-91-39-44-99-51-48-95-35-32-87-4)71-62-16-14-60(104(83,84)85)56-58(62)12-18-64(71)75(66)25-30-93-41-46-101-54-53-97-42-37-89-26-21-69(79)102-76-67(77)19-20-68(76)78/h6-18,55-56H,19-54H2,1-5H3,(H-,80,81,82,83,84,85)/p+1. The Kier molecular flexibility index (Phi) is 37.3. The highest BCUT2D eigenvalue weighted by Gasteiger charge is 2.49. The molecule has 0 aromatic heterocycles. The van der Waals surface area contributed by atoms with Gasteiger partial charge in [0, 0.05) is 88.4 Å². The number of allylic oxidation sites excluding steroid dienone is 6. The van der Waals surface area contributed by atoms with E-state index in [-0.39, 0.29) is 81.9 Å². The summed E-state index contributed by atoms with van der Waals surface area (Å²) >= 11 is 0. The first-order valence-corrected chi connectivity index (χ1v) is 37.9. The molecular formula is C73H104N3O26S2+. The molecule has 1 saturated heterocycles. The van der Waals surface area contributed by atoms with E-state index in [9.17, 15) is 40.3 Å². The van der Waals surface area contributed by atoms with Crippen LogP contribution in [0.15, 0.2) is 107 Å². The number of hydrogen-bond acceptors (Lipinski definition) is 25. The van der Waals surface area contributed by atoms with Crippen LogP contribution in [0.5, 0.6) is 0 Å². The lowest BCUT2D eigenvalue weighted by molar-refractivity contribution is -0.442. The molecule has 0 spiro atoms. The fraction of sp³-hybridized carbons (Fsp3) is 0.589. The van der Waals surface area contributed by atoms with E-state index < -0.39 is 48.8 Å². The lowest BCUT2D eigenvalue weighted by Crippen LogP contribution is -2.33. The summed E-state index contributed by atoms with van der Waals surface area (Å²) in [7, 11) is -4.23. The Morgan fingerprint density at radius 1 is 0.471 bits per heavy atom. The van der Waals surface area contributed by atoms with Crippen LogP contribution in [0.3, 0.4) is 0 Å². The number of benzene rings is 4. The Hall–Kier alpha value is -6.12. The van der Waals surface area contributed by atoms with Gasteiger partial charge in [-0.1, -0.05) is 36.4 Å². The van der Waals surface area contributed by atoms with Crippen molar-refractivity contribution in [3.8, 4) is 0 Å². The number of carbonyl (C=O) groups excluding carboxylic acids is 3. The summed E-state index contributed by atoms with van der Waals surface area (Å²) in [6.45, 7) is 15.1. The molecule has 104 heavy (non-hydrogen) atoms. The van der Waals surface area contributed by atoms with E-state index >= 15 is 0 Å². The summed E-state index contributed by atoms with van der Waals surface area (Å²) in [6.07, 6.45) is 10.9. The van der Waals surface area contributed by atoms with Crippen LogP contribution in [-0.4, -0.2) is 285 Å². The number of amides is 2. The summed E-state index contributed by atoms with van der Waals surface area (Å²) in [6, 6.07) is 16.8. The van der Waals surface area contributed by atoms with Gasteiger partial charge in [-0.25, -0.2) is 4.79 Å². The highest BCUT2D eigenvalue weighted by Crippen LogP contribution is 2.53. The maximum absolute atomic E-state index is 12.5. The Morgan fingerprint density at radius 3 is 1.34 bits per heavy atom. The zero-order chi connectivity index (χ0) is 74.5. The van der Waals surface area contributed by atoms with E-state index in [4.69, 9.17) is 80.6 Å². The van der Waals surface area contributed by atoms with Gasteiger partial charge in [-0.3, -0.25) is 18.7 Å². The van der Waals surface area contributed by atoms with Crippen LogP contribution in [0.2, 0.25) is 0 Å². The average Bonchev–Trinajstić information content (AvgIpc) is 1.56. The van der Waals surface area contributed by atoms with Crippen molar-refractivity contribution < 1.29 is 126 Å². The third kappa shape index (κ3) is 26.4. The fourth-order valence-electron chi connectivity index (χ4n) is 12.2. The number of carbonyl (C=O) groups is 3. The molecule has 3 aliphatic heterocycles. The minimum Gasteiger partial charge on any atom is -0.382 e. The molecular weight excluding hydrogens is 1400 g/mol. The van der Waals surface area contributed by atoms with E-state index in [2.05, 4.69) is 35.5 Å². The van der Waals surface area contributed by atoms with Gasteiger partial charge >= 0.3 is 5.97 Å². The number of methoxy groups -OCH3 is 3. The van der Waals surface area contributed by atoms with E-state index in [0.717, 1.165) is 44.7 Å². The molecule has 2 unspecified atom stereocenters. The molecule has 0 bridgehead atoms. The molecule has 0 saturated carbocycles. The Bertz CT molecular complexity index is 3690. The maximum Gasteiger partial charge on any atom is 0.335 e. The molecule has 4 aromatic carbocycles. The van der Waals surface area contributed by atoms with Gasteiger partial charge in [0.1, 0.15) is 6.61 Å². The lowest BCUT2D eigenvalue weighted by atomic mass is 9.75. The maximum atomic E-state index is 12.5. The normalized spacial score (nSPS) is 17.5. The minimum atomic E-state index is -4.54. The Morgan fingerprint density at radius 2 is 0.875 bits per heavy atom.